The lowest BCUT2D eigenvalue weighted by Gasteiger charge is -2.24. The molecule has 2 fully saturated rings. The molecule has 2 aliphatic rings. The van der Waals surface area contributed by atoms with Gasteiger partial charge in [-0.25, -0.2) is 0 Å². The maximum absolute atomic E-state index is 10.2. The van der Waals surface area contributed by atoms with Crippen LogP contribution in [0.3, 0.4) is 0 Å². The van der Waals surface area contributed by atoms with Crippen LogP contribution in [0, 0.1) is 12.8 Å². The Morgan fingerprint density at radius 2 is 1.86 bits per heavy atom. The second-order valence-corrected chi connectivity index (χ2v) is 6.80. The second kappa shape index (κ2) is 6.91. The summed E-state index contributed by atoms with van der Waals surface area (Å²) in [5, 5.41) is 13.9. The number of aryl methyl sites for hydroxylation is 1. The Balaban J connectivity index is 1.51. The van der Waals surface area contributed by atoms with Crippen LogP contribution in [0.4, 0.5) is 0 Å². The molecule has 2 N–H and O–H groups in total. The largest absolute Gasteiger partial charge is 0.390 e. The number of hydrogen-bond donors (Lipinski definition) is 2. The normalized spacial score (nSPS) is 22.4. The maximum Gasteiger partial charge on any atom is 0.0791 e. The number of rotatable bonds is 7. The highest BCUT2D eigenvalue weighted by atomic mass is 16.3. The van der Waals surface area contributed by atoms with Gasteiger partial charge in [0, 0.05) is 19.1 Å². The third-order valence-corrected chi connectivity index (χ3v) is 4.77. The molecule has 0 amide bonds. The average molecular weight is 288 g/mol. The lowest BCUT2D eigenvalue weighted by molar-refractivity contribution is 0.119. The highest BCUT2D eigenvalue weighted by molar-refractivity contribution is 5.25. The van der Waals surface area contributed by atoms with Gasteiger partial charge in [0.25, 0.3) is 0 Å². The molecule has 1 aliphatic carbocycles. The van der Waals surface area contributed by atoms with E-state index in [0.29, 0.717) is 12.6 Å². The van der Waals surface area contributed by atoms with Crippen LogP contribution < -0.4 is 5.32 Å². The molecular weight excluding hydrogens is 260 g/mol. The number of nitrogens with zero attached hydrogens (tertiary/aromatic N) is 1. The fraction of sp³-hybridized carbons (Fsp3) is 0.667. The Morgan fingerprint density at radius 1 is 1.19 bits per heavy atom. The molecule has 0 aromatic heterocycles. The number of β-amino-alcohol motifs (C(OH)–C–C–N with tert-alkyl or cyclic N) is 1. The van der Waals surface area contributed by atoms with Gasteiger partial charge in [0.15, 0.2) is 0 Å². The van der Waals surface area contributed by atoms with Crippen molar-refractivity contribution in [3.63, 3.8) is 0 Å². The fourth-order valence-corrected chi connectivity index (χ4v) is 3.35. The van der Waals surface area contributed by atoms with E-state index in [9.17, 15) is 5.11 Å². The van der Waals surface area contributed by atoms with Crippen molar-refractivity contribution in [2.24, 2.45) is 5.92 Å². The van der Waals surface area contributed by atoms with Gasteiger partial charge in [0.2, 0.25) is 0 Å². The molecule has 0 radical (unpaired) electrons. The van der Waals surface area contributed by atoms with Crippen molar-refractivity contribution in [3.8, 4) is 0 Å². The number of hydrogen-bond acceptors (Lipinski definition) is 3. The summed E-state index contributed by atoms with van der Waals surface area (Å²) in [5.41, 5.74) is 2.68. The van der Waals surface area contributed by atoms with Gasteiger partial charge in [-0.15, -0.1) is 0 Å². The fourth-order valence-electron chi connectivity index (χ4n) is 3.35. The van der Waals surface area contributed by atoms with E-state index in [1.54, 1.807) is 0 Å². The molecule has 116 valence electrons. The summed E-state index contributed by atoms with van der Waals surface area (Å²) < 4.78 is 0. The first-order valence-corrected chi connectivity index (χ1v) is 8.43. The van der Waals surface area contributed by atoms with Crippen LogP contribution >= 0.6 is 0 Å². The zero-order valence-corrected chi connectivity index (χ0v) is 13.1. The van der Waals surface area contributed by atoms with Gasteiger partial charge in [-0.1, -0.05) is 29.8 Å². The van der Waals surface area contributed by atoms with Crippen molar-refractivity contribution in [1.82, 2.24) is 10.2 Å². The van der Waals surface area contributed by atoms with Crippen LogP contribution in [-0.2, 0) is 0 Å². The molecule has 1 aromatic carbocycles. The average Bonchev–Trinajstić information content (AvgIpc) is 3.18. The molecule has 0 spiro atoms. The van der Waals surface area contributed by atoms with Crippen LogP contribution in [0.25, 0.3) is 0 Å². The molecule has 21 heavy (non-hydrogen) atoms. The molecule has 3 heteroatoms. The number of nitrogens with one attached hydrogen (secondary N) is 1. The molecule has 1 aliphatic heterocycles. The van der Waals surface area contributed by atoms with Crippen LogP contribution in [0.15, 0.2) is 24.3 Å². The van der Waals surface area contributed by atoms with Crippen molar-refractivity contribution in [3.05, 3.63) is 35.4 Å². The second-order valence-electron chi connectivity index (χ2n) is 6.80. The molecule has 3 rings (SSSR count). The summed E-state index contributed by atoms with van der Waals surface area (Å²) in [5.74, 6) is 0.756. The molecule has 1 aromatic rings. The number of likely N-dealkylation sites (tertiary alicyclic amines) is 1. The Hall–Kier alpha value is -0.900. The first-order valence-electron chi connectivity index (χ1n) is 8.43. The first kappa shape index (κ1) is 15.0. The Labute approximate surface area is 128 Å². The summed E-state index contributed by atoms with van der Waals surface area (Å²) in [7, 11) is 0. The van der Waals surface area contributed by atoms with Gasteiger partial charge in [-0.3, -0.25) is 0 Å². The van der Waals surface area contributed by atoms with Gasteiger partial charge in [0.1, 0.15) is 0 Å². The van der Waals surface area contributed by atoms with Gasteiger partial charge in [-0.2, -0.15) is 0 Å². The number of aliphatic hydroxyl groups is 1. The van der Waals surface area contributed by atoms with Crippen molar-refractivity contribution in [1.29, 1.82) is 0 Å². The van der Waals surface area contributed by atoms with Gasteiger partial charge in [-0.05, 0) is 57.2 Å². The van der Waals surface area contributed by atoms with Crippen molar-refractivity contribution in [2.75, 3.05) is 26.2 Å². The monoisotopic (exact) mass is 288 g/mol. The zero-order valence-electron chi connectivity index (χ0n) is 13.1. The van der Waals surface area contributed by atoms with Crippen molar-refractivity contribution < 1.29 is 5.11 Å². The predicted molar refractivity (Wildman–Crippen MR) is 86.3 cm³/mol. The summed E-state index contributed by atoms with van der Waals surface area (Å²) >= 11 is 0. The minimum Gasteiger partial charge on any atom is -0.390 e. The molecule has 1 saturated heterocycles. The van der Waals surface area contributed by atoms with E-state index < -0.39 is 0 Å². The minimum atomic E-state index is -0.255. The van der Waals surface area contributed by atoms with Crippen LogP contribution in [-0.4, -0.2) is 42.3 Å². The topological polar surface area (TPSA) is 35.5 Å². The molecule has 1 heterocycles. The van der Waals surface area contributed by atoms with E-state index in [2.05, 4.69) is 41.4 Å². The SMILES string of the molecule is Cc1ccc(C(NCC(O)CN2CCCC2)C2CC2)cc1. The van der Waals surface area contributed by atoms with Crippen molar-refractivity contribution in [2.45, 2.75) is 44.8 Å². The maximum atomic E-state index is 10.2. The highest BCUT2D eigenvalue weighted by Crippen LogP contribution is 2.40. The van der Waals surface area contributed by atoms with E-state index in [1.165, 1.54) is 36.8 Å². The van der Waals surface area contributed by atoms with Gasteiger partial charge >= 0.3 is 0 Å². The summed E-state index contributed by atoms with van der Waals surface area (Å²) in [6.07, 6.45) is 4.94. The third-order valence-electron chi connectivity index (χ3n) is 4.77. The molecular formula is C18H28N2O. The van der Waals surface area contributed by atoms with Crippen LogP contribution in [0.2, 0.25) is 0 Å². The smallest absolute Gasteiger partial charge is 0.0791 e. The summed E-state index contributed by atoms with van der Waals surface area (Å²) in [6, 6.07) is 9.26. The van der Waals surface area contributed by atoms with Gasteiger partial charge in [0.05, 0.1) is 6.10 Å². The Kier molecular flexibility index (Phi) is 4.94. The van der Waals surface area contributed by atoms with E-state index in [0.717, 1.165) is 25.6 Å². The third kappa shape index (κ3) is 4.29. The lowest BCUT2D eigenvalue weighted by atomic mass is 10.0. The Bertz CT molecular complexity index is 435. The van der Waals surface area contributed by atoms with E-state index in [-0.39, 0.29) is 6.10 Å². The number of aliphatic hydroxyl groups excluding tert-OH is 1. The summed E-state index contributed by atoms with van der Waals surface area (Å²) in [4.78, 5) is 2.38. The highest BCUT2D eigenvalue weighted by Gasteiger charge is 2.32. The zero-order chi connectivity index (χ0) is 14.7. The lowest BCUT2D eigenvalue weighted by Crippen LogP contribution is -2.38. The standard InChI is InChI=1S/C18H28N2O/c1-14-4-6-15(7-5-14)18(16-8-9-16)19-12-17(21)13-20-10-2-3-11-20/h4-7,16-19,21H,2-3,8-13H2,1H3. The van der Waals surface area contributed by atoms with Crippen molar-refractivity contribution >= 4 is 0 Å². The van der Waals surface area contributed by atoms with E-state index >= 15 is 0 Å². The Morgan fingerprint density at radius 3 is 2.48 bits per heavy atom. The molecule has 1 saturated carbocycles. The van der Waals surface area contributed by atoms with E-state index in [4.69, 9.17) is 0 Å². The quantitative estimate of drug-likeness (QED) is 0.809. The first-order chi connectivity index (χ1) is 10.2. The molecule has 2 unspecified atom stereocenters. The van der Waals surface area contributed by atoms with Gasteiger partial charge < -0.3 is 15.3 Å². The molecule has 0 bridgehead atoms. The summed E-state index contributed by atoms with van der Waals surface area (Å²) in [6.45, 7) is 5.95. The van der Waals surface area contributed by atoms with Crippen LogP contribution in [0.5, 0.6) is 0 Å². The van der Waals surface area contributed by atoms with E-state index in [1.807, 2.05) is 0 Å². The van der Waals surface area contributed by atoms with Crippen LogP contribution in [0.1, 0.15) is 42.9 Å². The minimum absolute atomic E-state index is 0.255. The number of benzene rings is 1. The molecule has 3 nitrogen and oxygen atoms in total. The molecule has 2 atom stereocenters. The predicted octanol–water partition coefficient (Wildman–Crippen LogP) is 2.49.